The molecule has 8 nitrogen and oxygen atoms in total. The number of carbonyl (C=O) groups excluding carboxylic acids is 2. The fraction of sp³-hybridized carbons (Fsp3) is 0.167. The van der Waals surface area contributed by atoms with Crippen LogP contribution in [0.2, 0.25) is 0 Å². The number of nitrogens with zero attached hydrogens (tertiary/aromatic N) is 3. The van der Waals surface area contributed by atoms with E-state index in [-0.39, 0.29) is 22.4 Å². The average molecular weight is 353 g/mol. The molecule has 0 aromatic heterocycles. The van der Waals surface area contributed by atoms with Gasteiger partial charge in [-0.05, 0) is 18.2 Å². The highest BCUT2D eigenvalue weighted by atomic mass is 16.6. The van der Waals surface area contributed by atoms with Crippen molar-refractivity contribution in [3.8, 4) is 6.07 Å². The number of nitro benzene ring substituents is 1. The zero-order valence-electron chi connectivity index (χ0n) is 14.1. The lowest BCUT2D eigenvalue weighted by molar-refractivity contribution is -0.384. The Kier molecular flexibility index (Phi) is 5.65. The van der Waals surface area contributed by atoms with Gasteiger partial charge in [-0.15, -0.1) is 0 Å². The third-order valence-corrected chi connectivity index (χ3v) is 3.58. The van der Waals surface area contributed by atoms with Crippen LogP contribution in [0.25, 0.3) is 0 Å². The van der Waals surface area contributed by atoms with Gasteiger partial charge >= 0.3 is 5.97 Å². The second-order valence-corrected chi connectivity index (χ2v) is 5.46. The lowest BCUT2D eigenvalue weighted by atomic mass is 9.97. The van der Waals surface area contributed by atoms with E-state index in [4.69, 9.17) is 10.00 Å². The van der Waals surface area contributed by atoms with Crippen LogP contribution in [0.4, 0.5) is 11.4 Å². The fourth-order valence-corrected chi connectivity index (χ4v) is 2.38. The van der Waals surface area contributed by atoms with E-state index < -0.39 is 23.3 Å². The van der Waals surface area contributed by atoms with Gasteiger partial charge in [0.15, 0.2) is 12.4 Å². The summed E-state index contributed by atoms with van der Waals surface area (Å²) >= 11 is 0. The first kappa shape index (κ1) is 18.6. The Morgan fingerprint density at radius 2 is 1.85 bits per heavy atom. The molecule has 0 atom stereocenters. The number of ketones is 1. The fourth-order valence-electron chi connectivity index (χ4n) is 2.38. The van der Waals surface area contributed by atoms with Gasteiger partial charge in [0.05, 0.1) is 10.5 Å². The summed E-state index contributed by atoms with van der Waals surface area (Å²) in [5.41, 5.74) is 0.246. The van der Waals surface area contributed by atoms with Gasteiger partial charge in [0.25, 0.3) is 5.69 Å². The second-order valence-electron chi connectivity index (χ2n) is 5.46. The van der Waals surface area contributed by atoms with Crippen LogP contribution in [0.5, 0.6) is 0 Å². The molecule has 2 aromatic carbocycles. The molecule has 0 aliphatic rings. The molecule has 132 valence electrons. The Balaban J connectivity index is 2.48. The Morgan fingerprint density at radius 1 is 1.19 bits per heavy atom. The first-order chi connectivity index (χ1) is 12.4. The van der Waals surface area contributed by atoms with Gasteiger partial charge in [-0.2, -0.15) is 5.26 Å². The van der Waals surface area contributed by atoms with Crippen molar-refractivity contribution in [3.05, 3.63) is 69.3 Å². The summed E-state index contributed by atoms with van der Waals surface area (Å²) in [6.07, 6.45) is 0. The number of hydrogen-bond donors (Lipinski definition) is 0. The molecule has 0 bridgehead atoms. The van der Waals surface area contributed by atoms with Crippen LogP contribution >= 0.6 is 0 Å². The second kappa shape index (κ2) is 7.90. The van der Waals surface area contributed by atoms with Crippen LogP contribution in [0.15, 0.2) is 42.5 Å². The van der Waals surface area contributed by atoms with Crippen molar-refractivity contribution in [1.29, 1.82) is 5.26 Å². The highest BCUT2D eigenvalue weighted by Gasteiger charge is 2.23. The molecule has 0 radical (unpaired) electrons. The number of hydrogen-bond acceptors (Lipinski definition) is 7. The van der Waals surface area contributed by atoms with Crippen molar-refractivity contribution < 1.29 is 19.2 Å². The Labute approximate surface area is 149 Å². The molecule has 26 heavy (non-hydrogen) atoms. The SMILES string of the molecule is CN(C)c1ccc(C(=O)c2ccccc2C(=O)OCC#N)cc1[N+](=O)[O-]. The smallest absolute Gasteiger partial charge is 0.339 e. The van der Waals surface area contributed by atoms with Gasteiger partial charge in [-0.3, -0.25) is 14.9 Å². The van der Waals surface area contributed by atoms with Crippen molar-refractivity contribution in [3.63, 3.8) is 0 Å². The van der Waals surface area contributed by atoms with E-state index in [9.17, 15) is 19.7 Å². The van der Waals surface area contributed by atoms with E-state index in [0.29, 0.717) is 5.69 Å². The minimum absolute atomic E-state index is 0.00732. The number of carbonyl (C=O) groups is 2. The monoisotopic (exact) mass is 353 g/mol. The summed E-state index contributed by atoms with van der Waals surface area (Å²) < 4.78 is 4.75. The van der Waals surface area contributed by atoms with E-state index in [1.807, 2.05) is 0 Å². The zero-order chi connectivity index (χ0) is 19.3. The highest BCUT2D eigenvalue weighted by molar-refractivity contribution is 6.14. The Hall–Kier alpha value is -3.73. The summed E-state index contributed by atoms with van der Waals surface area (Å²) in [7, 11) is 3.31. The first-order valence-corrected chi connectivity index (χ1v) is 7.50. The number of nitro groups is 1. The largest absolute Gasteiger partial charge is 0.447 e. The van der Waals surface area contributed by atoms with Crippen molar-refractivity contribution in [1.82, 2.24) is 0 Å². The molecular weight excluding hydrogens is 338 g/mol. The standard InChI is InChI=1S/C18H15N3O5/c1-20(2)15-8-7-12(11-16(15)21(24)25)17(22)13-5-3-4-6-14(13)18(23)26-10-9-19/h3-8,11H,10H2,1-2H3. The molecule has 0 unspecified atom stereocenters. The molecule has 0 aliphatic carbocycles. The van der Waals surface area contributed by atoms with Gasteiger partial charge in [0.2, 0.25) is 0 Å². The molecular formula is C18H15N3O5. The maximum atomic E-state index is 12.8. The van der Waals surface area contributed by atoms with E-state index in [1.165, 1.54) is 30.3 Å². The number of benzene rings is 2. The van der Waals surface area contributed by atoms with Crippen LogP contribution in [0.1, 0.15) is 26.3 Å². The minimum atomic E-state index is -0.810. The summed E-state index contributed by atoms with van der Waals surface area (Å²) in [5.74, 6) is -1.36. The highest BCUT2D eigenvalue weighted by Crippen LogP contribution is 2.29. The molecule has 0 fully saturated rings. The molecule has 0 saturated carbocycles. The van der Waals surface area contributed by atoms with E-state index >= 15 is 0 Å². The third kappa shape index (κ3) is 3.84. The average Bonchev–Trinajstić information content (AvgIpc) is 2.64. The molecule has 0 saturated heterocycles. The van der Waals surface area contributed by atoms with Gasteiger partial charge in [-0.25, -0.2) is 4.79 Å². The number of rotatable bonds is 6. The molecule has 2 aromatic rings. The Morgan fingerprint density at radius 3 is 2.42 bits per heavy atom. The molecule has 0 aliphatic heterocycles. The molecule has 8 heteroatoms. The van der Waals surface area contributed by atoms with Crippen molar-refractivity contribution in [2.24, 2.45) is 0 Å². The lowest BCUT2D eigenvalue weighted by Crippen LogP contribution is -2.14. The predicted molar refractivity (Wildman–Crippen MR) is 93.2 cm³/mol. The van der Waals surface area contributed by atoms with Crippen LogP contribution in [0.3, 0.4) is 0 Å². The molecule has 0 spiro atoms. The van der Waals surface area contributed by atoms with Crippen LogP contribution in [-0.4, -0.2) is 37.4 Å². The van der Waals surface area contributed by atoms with Gasteiger partial charge < -0.3 is 9.64 Å². The van der Waals surface area contributed by atoms with E-state index in [2.05, 4.69) is 0 Å². The van der Waals surface area contributed by atoms with Gasteiger partial charge in [0.1, 0.15) is 11.8 Å². The first-order valence-electron chi connectivity index (χ1n) is 7.50. The zero-order valence-corrected chi connectivity index (χ0v) is 14.1. The van der Waals surface area contributed by atoms with Crippen molar-refractivity contribution >= 4 is 23.1 Å². The lowest BCUT2D eigenvalue weighted by Gasteiger charge is -2.13. The summed E-state index contributed by atoms with van der Waals surface area (Å²) in [6, 6.07) is 11.7. The maximum Gasteiger partial charge on any atom is 0.339 e. The number of nitriles is 1. The normalized spacial score (nSPS) is 9.88. The van der Waals surface area contributed by atoms with Gasteiger partial charge in [-0.1, -0.05) is 18.2 Å². The van der Waals surface area contributed by atoms with E-state index in [0.717, 1.165) is 0 Å². The number of ether oxygens (including phenoxy) is 1. The maximum absolute atomic E-state index is 12.8. The van der Waals surface area contributed by atoms with Gasteiger partial charge in [0, 0.05) is 31.3 Å². The van der Waals surface area contributed by atoms with Crippen molar-refractivity contribution in [2.75, 3.05) is 25.6 Å². The van der Waals surface area contributed by atoms with Crippen LogP contribution in [0, 0.1) is 21.4 Å². The van der Waals surface area contributed by atoms with E-state index in [1.54, 1.807) is 37.2 Å². The molecule has 0 heterocycles. The Bertz CT molecular complexity index is 915. The van der Waals surface area contributed by atoms with Crippen LogP contribution in [-0.2, 0) is 4.74 Å². The quantitative estimate of drug-likeness (QED) is 0.339. The number of anilines is 1. The van der Waals surface area contributed by atoms with Crippen molar-refractivity contribution in [2.45, 2.75) is 0 Å². The number of esters is 1. The van der Waals surface area contributed by atoms with Crippen LogP contribution < -0.4 is 4.90 Å². The molecule has 0 N–H and O–H groups in total. The predicted octanol–water partition coefficient (Wildman–Crippen LogP) is 2.57. The molecule has 0 amide bonds. The minimum Gasteiger partial charge on any atom is -0.447 e. The summed E-state index contributed by atoms with van der Waals surface area (Å²) in [5, 5.41) is 19.8. The topological polar surface area (TPSA) is 114 Å². The molecule has 2 rings (SSSR count). The summed E-state index contributed by atoms with van der Waals surface area (Å²) in [4.78, 5) is 37.1. The third-order valence-electron chi connectivity index (χ3n) is 3.58. The summed E-state index contributed by atoms with van der Waals surface area (Å²) in [6.45, 7) is -0.440.